The van der Waals surface area contributed by atoms with Gasteiger partial charge in [0.1, 0.15) is 24.7 Å². The van der Waals surface area contributed by atoms with Crippen molar-refractivity contribution in [3.05, 3.63) is 71.8 Å². The van der Waals surface area contributed by atoms with Gasteiger partial charge in [-0.15, -0.1) is 0 Å². The van der Waals surface area contributed by atoms with Gasteiger partial charge in [-0.3, -0.25) is 0 Å². The summed E-state index contributed by atoms with van der Waals surface area (Å²) in [6, 6.07) is 20.1. The highest BCUT2D eigenvalue weighted by Crippen LogP contribution is 2.28. The molecular weight excluding hydrogens is 350 g/mol. The maximum Gasteiger partial charge on any atom is 0.129 e. The van der Waals surface area contributed by atoms with Crippen LogP contribution in [0.3, 0.4) is 0 Å². The van der Waals surface area contributed by atoms with Gasteiger partial charge in [-0.2, -0.15) is 0 Å². The molecule has 4 nitrogen and oxygen atoms in total. The molecule has 3 rings (SSSR count). The van der Waals surface area contributed by atoms with E-state index in [1.165, 1.54) is 11.8 Å². The number of nitrogens with zero attached hydrogens (tertiary/aromatic N) is 1. The number of hydrogen-bond donors (Lipinski definition) is 1. The second kappa shape index (κ2) is 8.79. The first kappa shape index (κ1) is 19.7. The summed E-state index contributed by atoms with van der Waals surface area (Å²) < 4.78 is 11.7. The van der Waals surface area contributed by atoms with E-state index in [0.717, 1.165) is 28.5 Å². The molecule has 28 heavy (non-hydrogen) atoms. The van der Waals surface area contributed by atoms with Crippen LogP contribution in [-0.4, -0.2) is 24.6 Å². The van der Waals surface area contributed by atoms with Crippen molar-refractivity contribution in [2.75, 3.05) is 13.2 Å². The summed E-state index contributed by atoms with van der Waals surface area (Å²) in [5.74, 6) is 1.50. The van der Waals surface area contributed by atoms with E-state index in [4.69, 9.17) is 14.7 Å². The van der Waals surface area contributed by atoms with Gasteiger partial charge < -0.3 is 14.7 Å². The van der Waals surface area contributed by atoms with Gasteiger partial charge in [0.25, 0.3) is 0 Å². The third-order valence-corrected chi connectivity index (χ3v) is 5.25. The van der Waals surface area contributed by atoms with Crippen LogP contribution >= 0.6 is 0 Å². The van der Waals surface area contributed by atoms with E-state index < -0.39 is 0 Å². The van der Waals surface area contributed by atoms with Crippen molar-refractivity contribution in [2.24, 2.45) is 5.16 Å². The molecule has 146 valence electrons. The second-order valence-corrected chi connectivity index (χ2v) is 7.40. The average molecular weight is 377 g/mol. The van der Waals surface area contributed by atoms with Crippen LogP contribution in [-0.2, 0) is 5.41 Å². The normalized spacial score (nSPS) is 11.8. The lowest BCUT2D eigenvalue weighted by Gasteiger charge is -2.23. The van der Waals surface area contributed by atoms with E-state index in [-0.39, 0.29) is 5.41 Å². The molecule has 1 N–H and O–H groups in total. The lowest BCUT2D eigenvalue weighted by Crippen LogP contribution is -2.15. The molecule has 0 saturated carbocycles. The van der Waals surface area contributed by atoms with E-state index in [2.05, 4.69) is 38.1 Å². The molecule has 0 unspecified atom stereocenters. The van der Waals surface area contributed by atoms with Crippen molar-refractivity contribution in [3.63, 3.8) is 0 Å². The van der Waals surface area contributed by atoms with Gasteiger partial charge in [-0.1, -0.05) is 68.4 Å². The molecule has 0 fully saturated rings. The Bertz CT molecular complexity index is 946. The van der Waals surface area contributed by atoms with Gasteiger partial charge in [0, 0.05) is 5.56 Å². The first-order valence-corrected chi connectivity index (χ1v) is 9.60. The Morgan fingerprint density at radius 1 is 0.929 bits per heavy atom. The van der Waals surface area contributed by atoms with E-state index >= 15 is 0 Å². The summed E-state index contributed by atoms with van der Waals surface area (Å²) in [6.07, 6.45) is 2.50. The number of hydrogen-bond acceptors (Lipinski definition) is 4. The lowest BCUT2D eigenvalue weighted by molar-refractivity contribution is 0.217. The zero-order valence-electron chi connectivity index (χ0n) is 16.7. The molecule has 0 spiro atoms. The fraction of sp³-hybridized carbons (Fsp3) is 0.292. The van der Waals surface area contributed by atoms with E-state index in [0.29, 0.717) is 19.0 Å². The minimum Gasteiger partial charge on any atom is -0.490 e. The molecule has 0 aliphatic rings. The van der Waals surface area contributed by atoms with Crippen molar-refractivity contribution in [1.82, 2.24) is 0 Å². The molecule has 3 aromatic carbocycles. The predicted octanol–water partition coefficient (Wildman–Crippen LogP) is 5.79. The number of oxime groups is 1. The molecule has 0 bridgehead atoms. The minimum atomic E-state index is 0.169. The monoisotopic (exact) mass is 377 g/mol. The Morgan fingerprint density at radius 2 is 1.64 bits per heavy atom. The first-order valence-electron chi connectivity index (χ1n) is 9.60. The van der Waals surface area contributed by atoms with Gasteiger partial charge >= 0.3 is 0 Å². The predicted molar refractivity (Wildman–Crippen MR) is 114 cm³/mol. The summed E-state index contributed by atoms with van der Waals surface area (Å²) in [7, 11) is 0. The Kier molecular flexibility index (Phi) is 6.19. The Hall–Kier alpha value is -3.01. The minimum absolute atomic E-state index is 0.169. The van der Waals surface area contributed by atoms with Gasteiger partial charge in [0.2, 0.25) is 0 Å². The molecular formula is C24H27NO3. The number of rotatable bonds is 8. The van der Waals surface area contributed by atoms with E-state index in [9.17, 15) is 0 Å². The molecule has 0 atom stereocenters. The largest absolute Gasteiger partial charge is 0.490 e. The van der Waals surface area contributed by atoms with Gasteiger partial charge in [0.05, 0.1) is 6.21 Å². The van der Waals surface area contributed by atoms with Crippen LogP contribution in [0, 0.1) is 0 Å². The van der Waals surface area contributed by atoms with Crippen molar-refractivity contribution in [1.29, 1.82) is 0 Å². The topological polar surface area (TPSA) is 51.0 Å². The zero-order chi connectivity index (χ0) is 20.0. The van der Waals surface area contributed by atoms with Crippen LogP contribution in [0.15, 0.2) is 65.8 Å². The van der Waals surface area contributed by atoms with Crippen LogP contribution in [0.1, 0.15) is 38.3 Å². The Labute approximate surface area is 166 Å². The Morgan fingerprint density at radius 3 is 2.36 bits per heavy atom. The van der Waals surface area contributed by atoms with Crippen LogP contribution < -0.4 is 9.47 Å². The quantitative estimate of drug-likeness (QED) is 0.234. The van der Waals surface area contributed by atoms with Crippen LogP contribution in [0.2, 0.25) is 0 Å². The molecule has 0 radical (unpaired) electrons. The molecule has 4 heteroatoms. The average Bonchev–Trinajstić information content (AvgIpc) is 2.73. The van der Waals surface area contributed by atoms with E-state index in [1.807, 2.05) is 48.5 Å². The van der Waals surface area contributed by atoms with Gasteiger partial charge in [-0.25, -0.2) is 0 Å². The smallest absolute Gasteiger partial charge is 0.129 e. The maximum absolute atomic E-state index is 9.01. The second-order valence-electron chi connectivity index (χ2n) is 7.40. The number of benzene rings is 3. The molecule has 0 saturated heterocycles. The summed E-state index contributed by atoms with van der Waals surface area (Å²) in [5, 5.41) is 14.2. The van der Waals surface area contributed by atoms with Crippen LogP contribution in [0.25, 0.3) is 10.8 Å². The van der Waals surface area contributed by atoms with Crippen molar-refractivity contribution in [3.8, 4) is 11.5 Å². The third kappa shape index (κ3) is 4.45. The Balaban J connectivity index is 1.62. The third-order valence-electron chi connectivity index (χ3n) is 5.25. The van der Waals surface area contributed by atoms with Crippen molar-refractivity contribution in [2.45, 2.75) is 32.6 Å². The fourth-order valence-electron chi connectivity index (χ4n) is 3.11. The summed E-state index contributed by atoms with van der Waals surface area (Å²) in [4.78, 5) is 0. The molecule has 0 amide bonds. The van der Waals surface area contributed by atoms with Crippen molar-refractivity contribution >= 4 is 17.0 Å². The molecule has 0 aliphatic heterocycles. The van der Waals surface area contributed by atoms with Crippen LogP contribution in [0.5, 0.6) is 11.5 Å². The lowest BCUT2D eigenvalue weighted by atomic mass is 9.82. The van der Waals surface area contributed by atoms with Gasteiger partial charge in [-0.05, 0) is 46.4 Å². The maximum atomic E-state index is 9.01. The van der Waals surface area contributed by atoms with Crippen LogP contribution in [0.4, 0.5) is 0 Å². The first-order chi connectivity index (χ1) is 13.5. The highest BCUT2D eigenvalue weighted by atomic mass is 16.5. The highest BCUT2D eigenvalue weighted by Gasteiger charge is 2.17. The fourth-order valence-corrected chi connectivity index (χ4v) is 3.11. The standard InChI is InChI=1S/C24H27NO3/c1-4-24(2,3)19-10-12-20(13-11-19)27-15-16-28-23-14-9-18-7-5-6-8-21(18)22(23)17-25-26/h5-14,17,26H,4,15-16H2,1-3H3. The highest BCUT2D eigenvalue weighted by molar-refractivity contribution is 6.02. The summed E-state index contributed by atoms with van der Waals surface area (Å²) >= 11 is 0. The molecule has 0 aliphatic carbocycles. The number of ether oxygens (including phenoxy) is 2. The number of fused-ring (bicyclic) bond motifs is 1. The zero-order valence-corrected chi connectivity index (χ0v) is 16.7. The molecule has 0 aromatic heterocycles. The van der Waals surface area contributed by atoms with Crippen molar-refractivity contribution < 1.29 is 14.7 Å². The summed E-state index contributed by atoms with van der Waals surface area (Å²) in [6.45, 7) is 7.51. The summed E-state index contributed by atoms with van der Waals surface area (Å²) in [5.41, 5.74) is 2.23. The SMILES string of the molecule is CCC(C)(C)c1ccc(OCCOc2ccc3ccccc3c2C=NO)cc1. The molecule has 3 aromatic rings. The molecule has 0 heterocycles. The van der Waals surface area contributed by atoms with Gasteiger partial charge in [0.15, 0.2) is 0 Å². The van der Waals surface area contributed by atoms with E-state index in [1.54, 1.807) is 0 Å².